The normalized spacial score (nSPS) is 14.7. The lowest BCUT2D eigenvalue weighted by Gasteiger charge is -2.36. The number of ether oxygens (including phenoxy) is 1. The minimum Gasteiger partial charge on any atom is -0.494 e. The molecule has 1 saturated heterocycles. The van der Waals surface area contributed by atoms with Crippen molar-refractivity contribution in [2.45, 2.75) is 40.0 Å². The number of carbonyl (C=O) groups excluding carboxylic acids is 2. The van der Waals surface area contributed by atoms with Crippen molar-refractivity contribution in [3.63, 3.8) is 0 Å². The Kier molecular flexibility index (Phi) is 7.29. The average Bonchev–Trinajstić information content (AvgIpc) is 2.67. The van der Waals surface area contributed by atoms with E-state index in [0.29, 0.717) is 38.3 Å². The molecule has 1 aromatic carbocycles. The van der Waals surface area contributed by atoms with Crippen LogP contribution in [0, 0.1) is 5.92 Å². The van der Waals surface area contributed by atoms with Crippen LogP contribution in [0.15, 0.2) is 24.3 Å². The Hall–Kier alpha value is -2.04. The van der Waals surface area contributed by atoms with Crippen LogP contribution >= 0.6 is 0 Å². The predicted molar refractivity (Wildman–Crippen MR) is 98.8 cm³/mol. The molecule has 138 valence electrons. The third-order valence-electron chi connectivity index (χ3n) is 4.79. The van der Waals surface area contributed by atoms with Crippen LogP contribution in [-0.4, -0.2) is 54.4 Å². The van der Waals surface area contributed by atoms with E-state index in [1.807, 2.05) is 34.1 Å². The summed E-state index contributed by atoms with van der Waals surface area (Å²) in [5, 5.41) is 0. The number of nitrogens with zero attached hydrogens (tertiary/aromatic N) is 2. The van der Waals surface area contributed by atoms with Gasteiger partial charge >= 0.3 is 0 Å². The van der Waals surface area contributed by atoms with Gasteiger partial charge in [0.2, 0.25) is 5.91 Å². The van der Waals surface area contributed by atoms with E-state index in [-0.39, 0.29) is 17.7 Å². The van der Waals surface area contributed by atoms with Crippen LogP contribution in [0.1, 0.15) is 50.4 Å². The molecule has 1 aromatic rings. The summed E-state index contributed by atoms with van der Waals surface area (Å²) >= 11 is 0. The highest BCUT2D eigenvalue weighted by Gasteiger charge is 2.27. The highest BCUT2D eigenvalue weighted by atomic mass is 16.5. The number of rotatable bonds is 7. The summed E-state index contributed by atoms with van der Waals surface area (Å²) in [6.45, 7) is 9.29. The summed E-state index contributed by atoms with van der Waals surface area (Å²) in [5.74, 6) is 1.16. The Bertz CT molecular complexity index is 559. The Morgan fingerprint density at radius 1 is 0.960 bits per heavy atom. The smallest absolute Gasteiger partial charge is 0.253 e. The highest BCUT2D eigenvalue weighted by molar-refractivity contribution is 5.94. The molecule has 0 atom stereocenters. The van der Waals surface area contributed by atoms with Crippen molar-refractivity contribution < 1.29 is 14.3 Å². The Labute approximate surface area is 150 Å². The predicted octanol–water partition coefficient (Wildman–Crippen LogP) is 3.20. The van der Waals surface area contributed by atoms with Crippen LogP contribution in [0.4, 0.5) is 0 Å². The Morgan fingerprint density at radius 2 is 1.52 bits per heavy atom. The van der Waals surface area contributed by atoms with E-state index < -0.39 is 0 Å². The summed E-state index contributed by atoms with van der Waals surface area (Å²) in [7, 11) is 0. The number of carbonyl (C=O) groups is 2. The third-order valence-corrected chi connectivity index (χ3v) is 4.79. The van der Waals surface area contributed by atoms with Gasteiger partial charge in [-0.3, -0.25) is 9.59 Å². The van der Waals surface area contributed by atoms with Gasteiger partial charge in [0.15, 0.2) is 0 Å². The first-order chi connectivity index (χ1) is 12.1. The van der Waals surface area contributed by atoms with Crippen LogP contribution in [0.3, 0.4) is 0 Å². The van der Waals surface area contributed by atoms with Gasteiger partial charge in [0.1, 0.15) is 5.75 Å². The largest absolute Gasteiger partial charge is 0.494 e. The van der Waals surface area contributed by atoms with Crippen molar-refractivity contribution in [1.82, 2.24) is 9.80 Å². The topological polar surface area (TPSA) is 49.9 Å². The maximum Gasteiger partial charge on any atom is 0.253 e. The number of hydrogen-bond acceptors (Lipinski definition) is 3. The first-order valence-corrected chi connectivity index (χ1v) is 9.41. The zero-order chi connectivity index (χ0) is 18.2. The third kappa shape index (κ3) is 4.97. The molecule has 0 saturated carbocycles. The fourth-order valence-electron chi connectivity index (χ4n) is 3.12. The molecule has 1 fully saturated rings. The summed E-state index contributed by atoms with van der Waals surface area (Å²) in [6, 6.07) is 7.32. The van der Waals surface area contributed by atoms with Crippen molar-refractivity contribution >= 4 is 11.8 Å². The average molecular weight is 346 g/mol. The van der Waals surface area contributed by atoms with Gasteiger partial charge in [-0.2, -0.15) is 0 Å². The molecule has 25 heavy (non-hydrogen) atoms. The second kappa shape index (κ2) is 9.44. The van der Waals surface area contributed by atoms with E-state index in [1.54, 1.807) is 0 Å². The number of benzene rings is 1. The molecule has 0 aromatic heterocycles. The number of piperazine rings is 1. The molecule has 2 rings (SSSR count). The van der Waals surface area contributed by atoms with Crippen molar-refractivity contribution in [2.24, 2.45) is 5.92 Å². The molecule has 1 aliphatic rings. The summed E-state index contributed by atoms with van der Waals surface area (Å²) < 4.78 is 5.55. The van der Waals surface area contributed by atoms with Crippen molar-refractivity contribution in [3.8, 4) is 5.75 Å². The molecule has 0 unspecified atom stereocenters. The van der Waals surface area contributed by atoms with Crippen LogP contribution in [0.5, 0.6) is 5.75 Å². The molecular weight excluding hydrogens is 316 g/mol. The molecule has 1 heterocycles. The van der Waals surface area contributed by atoms with Crippen LogP contribution in [-0.2, 0) is 4.79 Å². The SMILES string of the molecule is CCCOc1ccc(C(=O)N2CCN(C(=O)C(CC)CC)CC2)cc1. The molecule has 5 nitrogen and oxygen atoms in total. The first kappa shape index (κ1) is 19.3. The molecule has 0 aliphatic carbocycles. The van der Waals surface area contributed by atoms with Gasteiger partial charge in [0.25, 0.3) is 5.91 Å². The standard InChI is InChI=1S/C20H30N2O3/c1-4-15-25-18-9-7-17(8-10-18)20(24)22-13-11-21(12-14-22)19(23)16(5-2)6-3/h7-10,16H,4-6,11-15H2,1-3H3. The minimum atomic E-state index is 0.0247. The maximum absolute atomic E-state index is 12.6. The zero-order valence-electron chi connectivity index (χ0n) is 15.7. The monoisotopic (exact) mass is 346 g/mol. The van der Waals surface area contributed by atoms with E-state index in [0.717, 1.165) is 25.0 Å². The van der Waals surface area contributed by atoms with Crippen LogP contribution < -0.4 is 4.74 Å². The second-order valence-electron chi connectivity index (χ2n) is 6.50. The molecule has 0 spiro atoms. The molecule has 2 amide bonds. The van der Waals surface area contributed by atoms with Crippen molar-refractivity contribution in [2.75, 3.05) is 32.8 Å². The van der Waals surface area contributed by atoms with Crippen molar-refractivity contribution in [3.05, 3.63) is 29.8 Å². The summed E-state index contributed by atoms with van der Waals surface area (Å²) in [4.78, 5) is 28.8. The molecule has 0 N–H and O–H groups in total. The lowest BCUT2D eigenvalue weighted by atomic mass is 10.0. The molecule has 0 radical (unpaired) electrons. The number of amides is 2. The first-order valence-electron chi connectivity index (χ1n) is 9.41. The molecule has 1 aliphatic heterocycles. The van der Waals surface area contributed by atoms with E-state index in [9.17, 15) is 9.59 Å². The second-order valence-corrected chi connectivity index (χ2v) is 6.50. The van der Waals surface area contributed by atoms with E-state index >= 15 is 0 Å². The van der Waals surface area contributed by atoms with Crippen molar-refractivity contribution in [1.29, 1.82) is 0 Å². The Morgan fingerprint density at radius 3 is 2.04 bits per heavy atom. The quantitative estimate of drug-likeness (QED) is 0.762. The van der Waals surface area contributed by atoms with E-state index in [2.05, 4.69) is 20.8 Å². The van der Waals surface area contributed by atoms with Gasteiger partial charge in [-0.15, -0.1) is 0 Å². The van der Waals surface area contributed by atoms with Gasteiger partial charge in [-0.05, 0) is 43.5 Å². The summed E-state index contributed by atoms with van der Waals surface area (Å²) in [6.07, 6.45) is 2.71. The molecule has 5 heteroatoms. The number of hydrogen-bond donors (Lipinski definition) is 0. The van der Waals surface area contributed by atoms with Gasteiger partial charge < -0.3 is 14.5 Å². The highest BCUT2D eigenvalue weighted by Crippen LogP contribution is 2.17. The van der Waals surface area contributed by atoms with Gasteiger partial charge in [0, 0.05) is 37.7 Å². The van der Waals surface area contributed by atoms with Gasteiger partial charge in [-0.1, -0.05) is 20.8 Å². The fourth-order valence-corrected chi connectivity index (χ4v) is 3.12. The van der Waals surface area contributed by atoms with Crippen LogP contribution in [0.25, 0.3) is 0 Å². The lowest BCUT2D eigenvalue weighted by Crippen LogP contribution is -2.51. The Balaban J connectivity index is 1.89. The maximum atomic E-state index is 12.6. The van der Waals surface area contributed by atoms with E-state index in [4.69, 9.17) is 4.74 Å². The lowest BCUT2D eigenvalue weighted by molar-refractivity contribution is -0.137. The van der Waals surface area contributed by atoms with Gasteiger partial charge in [0.05, 0.1) is 6.61 Å². The summed E-state index contributed by atoms with van der Waals surface area (Å²) in [5.41, 5.74) is 0.670. The minimum absolute atomic E-state index is 0.0247. The van der Waals surface area contributed by atoms with Crippen LogP contribution in [0.2, 0.25) is 0 Å². The molecule has 0 bridgehead atoms. The molecular formula is C20H30N2O3. The fraction of sp³-hybridized carbons (Fsp3) is 0.600. The zero-order valence-corrected chi connectivity index (χ0v) is 15.7. The van der Waals surface area contributed by atoms with Gasteiger partial charge in [-0.25, -0.2) is 0 Å². The van der Waals surface area contributed by atoms with E-state index in [1.165, 1.54) is 0 Å².